The summed E-state index contributed by atoms with van der Waals surface area (Å²) in [6.07, 6.45) is -0.800. The number of benzene rings is 1. The maximum atomic E-state index is 13.2. The highest BCUT2D eigenvalue weighted by molar-refractivity contribution is 6.00. The van der Waals surface area contributed by atoms with E-state index in [-0.39, 0.29) is 24.2 Å². The van der Waals surface area contributed by atoms with Crippen molar-refractivity contribution in [3.63, 3.8) is 0 Å². The van der Waals surface area contributed by atoms with Gasteiger partial charge in [-0.3, -0.25) is 4.79 Å². The molecule has 1 aliphatic heterocycles. The maximum Gasteiger partial charge on any atom is 0.417 e. The van der Waals surface area contributed by atoms with Crippen LogP contribution in [0.3, 0.4) is 0 Å². The smallest absolute Gasteiger partial charge is 0.417 e. The molecule has 0 radical (unpaired) electrons. The summed E-state index contributed by atoms with van der Waals surface area (Å²) in [5.41, 5.74) is -0.0118. The van der Waals surface area contributed by atoms with Gasteiger partial charge in [0.1, 0.15) is 6.10 Å². The minimum atomic E-state index is -4.47. The van der Waals surface area contributed by atoms with Gasteiger partial charge < -0.3 is 9.64 Å². The monoisotopic (exact) mass is 446 g/mol. The lowest BCUT2D eigenvalue weighted by Crippen LogP contribution is -2.44. The Labute approximate surface area is 180 Å². The van der Waals surface area contributed by atoms with Crippen LogP contribution in [-0.4, -0.2) is 45.0 Å². The van der Waals surface area contributed by atoms with E-state index in [4.69, 9.17) is 4.74 Å². The third kappa shape index (κ3) is 4.84. The fraction of sp³-hybridized carbons (Fsp3) is 0.273. The summed E-state index contributed by atoms with van der Waals surface area (Å²) in [7, 11) is 0. The van der Waals surface area contributed by atoms with Crippen molar-refractivity contribution in [2.24, 2.45) is 0 Å². The average Bonchev–Trinajstić information content (AvgIpc) is 2.79. The Balaban J connectivity index is 1.48. The van der Waals surface area contributed by atoms with E-state index in [1.165, 1.54) is 6.07 Å². The predicted molar refractivity (Wildman–Crippen MR) is 106 cm³/mol. The zero-order valence-corrected chi connectivity index (χ0v) is 16.7. The predicted octanol–water partition coefficient (Wildman–Crippen LogP) is 4.38. The third-order valence-electron chi connectivity index (χ3n) is 5.04. The molecule has 3 heterocycles. The molecule has 0 saturated carbocycles. The van der Waals surface area contributed by atoms with Gasteiger partial charge in [-0.1, -0.05) is 18.2 Å². The van der Waals surface area contributed by atoms with Crippen LogP contribution in [0.25, 0.3) is 11.4 Å². The van der Waals surface area contributed by atoms with Crippen molar-refractivity contribution in [2.75, 3.05) is 13.1 Å². The summed E-state index contributed by atoms with van der Waals surface area (Å²) in [5, 5.41) is 0. The van der Waals surface area contributed by atoms with Crippen LogP contribution in [0.2, 0.25) is 0 Å². The molecule has 0 spiro atoms. The topological polar surface area (TPSA) is 68.2 Å². The van der Waals surface area contributed by atoms with Crippen molar-refractivity contribution in [2.45, 2.75) is 25.1 Å². The number of likely N-dealkylation sites (tertiary alicyclic amines) is 1. The Morgan fingerprint density at radius 3 is 2.47 bits per heavy atom. The Hall–Kier alpha value is -3.56. The van der Waals surface area contributed by atoms with E-state index >= 15 is 0 Å². The highest BCUT2D eigenvalue weighted by Crippen LogP contribution is 2.30. The van der Waals surface area contributed by atoms with Gasteiger partial charge in [-0.15, -0.1) is 0 Å². The number of rotatable bonds is 4. The van der Waals surface area contributed by atoms with Gasteiger partial charge in [-0.25, -0.2) is 19.3 Å². The Morgan fingerprint density at radius 1 is 1.03 bits per heavy atom. The standard InChI is InChI=1S/C22H18F4N4O2/c23-15-11-28-20(29-12-15)17-5-1-2-6-18(17)21(31)30-9-3-4-16(13-30)32-19-8-7-14(10-27-19)22(24,25)26/h1-2,5-8,10-12,16H,3-4,9,13H2/t16-/m1/s1. The van der Waals surface area contributed by atoms with Crippen molar-refractivity contribution in [3.8, 4) is 17.3 Å². The number of halogens is 4. The van der Waals surface area contributed by atoms with Gasteiger partial charge in [0.05, 0.1) is 30.1 Å². The average molecular weight is 446 g/mol. The van der Waals surface area contributed by atoms with Crippen molar-refractivity contribution >= 4 is 5.91 Å². The molecule has 0 N–H and O–H groups in total. The summed E-state index contributed by atoms with van der Waals surface area (Å²) in [4.78, 5) is 26.5. The van der Waals surface area contributed by atoms with Gasteiger partial charge in [0.15, 0.2) is 11.6 Å². The number of ether oxygens (including phenoxy) is 1. The van der Waals surface area contributed by atoms with E-state index < -0.39 is 23.7 Å². The Morgan fingerprint density at radius 2 is 1.78 bits per heavy atom. The van der Waals surface area contributed by atoms with Crippen LogP contribution in [-0.2, 0) is 6.18 Å². The van der Waals surface area contributed by atoms with Gasteiger partial charge in [-0.2, -0.15) is 13.2 Å². The molecular formula is C22H18F4N4O2. The largest absolute Gasteiger partial charge is 0.472 e. The van der Waals surface area contributed by atoms with Gasteiger partial charge in [-0.05, 0) is 25.0 Å². The minimum absolute atomic E-state index is 0.0670. The summed E-state index contributed by atoms with van der Waals surface area (Å²) >= 11 is 0. The number of aromatic nitrogens is 3. The van der Waals surface area contributed by atoms with E-state index in [0.717, 1.165) is 24.7 Å². The third-order valence-corrected chi connectivity index (χ3v) is 5.04. The van der Waals surface area contributed by atoms with Gasteiger partial charge >= 0.3 is 6.18 Å². The number of piperidine rings is 1. The lowest BCUT2D eigenvalue weighted by Gasteiger charge is -2.33. The number of nitrogens with zero attached hydrogens (tertiary/aromatic N) is 4. The molecule has 3 aromatic rings. The second-order valence-electron chi connectivity index (χ2n) is 7.29. The first-order chi connectivity index (χ1) is 15.3. The Bertz CT molecular complexity index is 1090. The number of amides is 1. The molecule has 4 rings (SSSR count). The lowest BCUT2D eigenvalue weighted by molar-refractivity contribution is -0.137. The fourth-order valence-corrected chi connectivity index (χ4v) is 3.49. The van der Waals surface area contributed by atoms with Crippen LogP contribution >= 0.6 is 0 Å². The highest BCUT2D eigenvalue weighted by atomic mass is 19.4. The number of alkyl halides is 3. The van der Waals surface area contributed by atoms with Crippen LogP contribution in [0.4, 0.5) is 17.6 Å². The second-order valence-corrected chi connectivity index (χ2v) is 7.29. The molecule has 1 aromatic carbocycles. The molecule has 0 aliphatic carbocycles. The zero-order valence-electron chi connectivity index (χ0n) is 16.7. The van der Waals surface area contributed by atoms with Crippen molar-refractivity contribution < 1.29 is 27.1 Å². The first kappa shape index (κ1) is 21.7. The molecule has 2 aromatic heterocycles. The molecule has 1 atom stereocenters. The molecule has 1 amide bonds. The summed E-state index contributed by atoms with van der Waals surface area (Å²) in [5.74, 6) is -0.542. The molecule has 6 nitrogen and oxygen atoms in total. The number of carbonyl (C=O) groups excluding carboxylic acids is 1. The molecule has 1 aliphatic rings. The first-order valence-electron chi connectivity index (χ1n) is 9.87. The summed E-state index contributed by atoms with van der Waals surface area (Å²) in [6.45, 7) is 0.748. The van der Waals surface area contributed by atoms with Crippen LogP contribution in [0.1, 0.15) is 28.8 Å². The SMILES string of the molecule is O=C(c1ccccc1-c1ncc(F)cn1)N1CCC[C@@H](Oc2ccc(C(F)(F)F)cn2)C1. The second kappa shape index (κ2) is 8.89. The van der Waals surface area contributed by atoms with Crippen LogP contribution in [0, 0.1) is 5.82 Å². The first-order valence-corrected chi connectivity index (χ1v) is 9.87. The molecule has 10 heteroatoms. The molecular weight excluding hydrogens is 428 g/mol. The van der Waals surface area contributed by atoms with E-state index in [2.05, 4.69) is 15.0 Å². The number of carbonyl (C=O) groups is 1. The van der Waals surface area contributed by atoms with Crippen LogP contribution in [0.5, 0.6) is 5.88 Å². The molecule has 0 bridgehead atoms. The molecule has 1 saturated heterocycles. The van der Waals surface area contributed by atoms with Crippen molar-refractivity contribution in [1.29, 1.82) is 0 Å². The summed E-state index contributed by atoms with van der Waals surface area (Å²) in [6, 6.07) is 8.86. The molecule has 166 valence electrons. The number of hydrogen-bond donors (Lipinski definition) is 0. The lowest BCUT2D eigenvalue weighted by atomic mass is 10.0. The number of hydrogen-bond acceptors (Lipinski definition) is 5. The highest BCUT2D eigenvalue weighted by Gasteiger charge is 2.31. The molecule has 0 unspecified atom stereocenters. The fourth-order valence-electron chi connectivity index (χ4n) is 3.49. The Kier molecular flexibility index (Phi) is 6.02. The summed E-state index contributed by atoms with van der Waals surface area (Å²) < 4.78 is 57.0. The molecule has 1 fully saturated rings. The quantitative estimate of drug-likeness (QED) is 0.557. The van der Waals surface area contributed by atoms with Gasteiger partial charge in [0, 0.05) is 24.4 Å². The molecule has 32 heavy (non-hydrogen) atoms. The van der Waals surface area contributed by atoms with E-state index in [9.17, 15) is 22.4 Å². The zero-order chi connectivity index (χ0) is 22.7. The van der Waals surface area contributed by atoms with Gasteiger partial charge in [0.2, 0.25) is 5.88 Å². The minimum Gasteiger partial charge on any atom is -0.472 e. The van der Waals surface area contributed by atoms with Gasteiger partial charge in [0.25, 0.3) is 5.91 Å². The van der Waals surface area contributed by atoms with E-state index in [0.29, 0.717) is 30.5 Å². The van der Waals surface area contributed by atoms with Crippen LogP contribution in [0.15, 0.2) is 55.0 Å². The van der Waals surface area contributed by atoms with Crippen LogP contribution < -0.4 is 4.74 Å². The van der Waals surface area contributed by atoms with E-state index in [1.54, 1.807) is 29.2 Å². The van der Waals surface area contributed by atoms with Crippen molar-refractivity contribution in [1.82, 2.24) is 19.9 Å². The normalized spacial score (nSPS) is 16.6. The van der Waals surface area contributed by atoms with Crippen molar-refractivity contribution in [3.05, 3.63) is 71.9 Å². The number of pyridine rings is 1. The maximum absolute atomic E-state index is 13.2. The van der Waals surface area contributed by atoms with E-state index in [1.807, 2.05) is 0 Å².